The van der Waals surface area contributed by atoms with Gasteiger partial charge in [0.15, 0.2) is 0 Å². The number of carbonyl (C=O) groups excluding carboxylic acids is 3. The number of piperidine rings is 2. The first-order valence-corrected chi connectivity index (χ1v) is 11.1. The summed E-state index contributed by atoms with van der Waals surface area (Å²) in [4.78, 5) is 40.4. The van der Waals surface area contributed by atoms with Crippen molar-refractivity contribution in [1.82, 2.24) is 20.0 Å². The minimum Gasteiger partial charge on any atom is -0.366 e. The number of aromatic nitrogens is 2. The number of amides is 3. The Morgan fingerprint density at radius 3 is 2.41 bits per heavy atom. The molecule has 3 N–H and O–H groups in total. The van der Waals surface area contributed by atoms with Gasteiger partial charge < -0.3 is 15.5 Å². The maximum absolute atomic E-state index is 12.8. The topological polar surface area (TPSA) is 112 Å². The van der Waals surface area contributed by atoms with Crippen LogP contribution in [0.4, 0.5) is 0 Å². The third-order valence-corrected chi connectivity index (χ3v) is 6.79. The lowest BCUT2D eigenvalue weighted by Gasteiger charge is -2.47. The highest BCUT2D eigenvalue weighted by Crippen LogP contribution is 2.40. The average molecular weight is 456 g/mol. The molecule has 3 amide bonds. The minimum atomic E-state index is -0.476. The van der Waals surface area contributed by atoms with Crippen molar-refractivity contribution in [2.45, 2.75) is 25.7 Å². The van der Waals surface area contributed by atoms with Gasteiger partial charge in [0.05, 0.1) is 11.2 Å². The van der Waals surface area contributed by atoms with Crippen LogP contribution >= 0.6 is 11.6 Å². The Hall–Kier alpha value is -3.13. The molecule has 1 aromatic carbocycles. The minimum absolute atomic E-state index is 0.0224. The van der Waals surface area contributed by atoms with Crippen molar-refractivity contribution in [2.75, 3.05) is 26.2 Å². The van der Waals surface area contributed by atoms with Crippen molar-refractivity contribution in [2.24, 2.45) is 11.1 Å². The summed E-state index contributed by atoms with van der Waals surface area (Å²) in [5, 5.41) is 6.84. The molecule has 9 heteroatoms. The van der Waals surface area contributed by atoms with E-state index in [1.165, 1.54) is 6.20 Å². The van der Waals surface area contributed by atoms with Gasteiger partial charge in [-0.1, -0.05) is 23.7 Å². The highest BCUT2D eigenvalue weighted by Gasteiger charge is 2.40. The number of H-pyrrole nitrogens is 1. The van der Waals surface area contributed by atoms with Crippen molar-refractivity contribution in [3.63, 3.8) is 0 Å². The summed E-state index contributed by atoms with van der Waals surface area (Å²) in [6.07, 6.45) is 8.49. The summed E-state index contributed by atoms with van der Waals surface area (Å²) in [7, 11) is 0. The number of carbonyl (C=O) groups is 3. The van der Waals surface area contributed by atoms with Gasteiger partial charge >= 0.3 is 0 Å². The maximum Gasteiger partial charge on any atom is 0.273 e. The Morgan fingerprint density at radius 1 is 1.06 bits per heavy atom. The summed E-state index contributed by atoms with van der Waals surface area (Å²) < 4.78 is 0. The van der Waals surface area contributed by atoms with Gasteiger partial charge in [-0.25, -0.2) is 0 Å². The first-order chi connectivity index (χ1) is 15.4. The monoisotopic (exact) mass is 455 g/mol. The molecular weight excluding hydrogens is 430 g/mol. The average Bonchev–Trinajstić information content (AvgIpc) is 3.23. The quantitative estimate of drug-likeness (QED) is 0.690. The highest BCUT2D eigenvalue weighted by molar-refractivity contribution is 6.33. The van der Waals surface area contributed by atoms with E-state index in [1.54, 1.807) is 41.3 Å². The molecule has 4 rings (SSSR count). The van der Waals surface area contributed by atoms with Crippen LogP contribution in [0.5, 0.6) is 0 Å². The van der Waals surface area contributed by atoms with Gasteiger partial charge in [-0.05, 0) is 54.9 Å². The molecule has 3 heterocycles. The predicted octanol–water partition coefficient (Wildman–Crippen LogP) is 2.72. The predicted molar refractivity (Wildman–Crippen MR) is 121 cm³/mol. The fraction of sp³-hybridized carbons (Fsp3) is 0.391. The first kappa shape index (κ1) is 22.1. The van der Waals surface area contributed by atoms with Gasteiger partial charge in [-0.3, -0.25) is 19.5 Å². The molecule has 2 saturated heterocycles. The number of hydrogen-bond donors (Lipinski definition) is 2. The number of halogens is 1. The molecule has 0 unspecified atom stereocenters. The molecule has 2 aromatic rings. The largest absolute Gasteiger partial charge is 0.366 e. The van der Waals surface area contributed by atoms with Crippen LogP contribution in [0.2, 0.25) is 5.02 Å². The molecule has 1 spiro atoms. The van der Waals surface area contributed by atoms with Crippen LogP contribution in [-0.4, -0.2) is 63.9 Å². The van der Waals surface area contributed by atoms with Crippen molar-refractivity contribution < 1.29 is 14.4 Å². The van der Waals surface area contributed by atoms with Crippen LogP contribution in [0.3, 0.4) is 0 Å². The number of aromatic amines is 1. The van der Waals surface area contributed by atoms with E-state index in [4.69, 9.17) is 17.3 Å². The molecule has 8 nitrogen and oxygen atoms in total. The van der Waals surface area contributed by atoms with Gasteiger partial charge in [-0.15, -0.1) is 0 Å². The van der Waals surface area contributed by atoms with E-state index >= 15 is 0 Å². The van der Waals surface area contributed by atoms with E-state index < -0.39 is 5.91 Å². The molecular formula is C23H26ClN5O3. The number of primary amides is 1. The Bertz CT molecular complexity index is 1040. The van der Waals surface area contributed by atoms with E-state index in [9.17, 15) is 14.4 Å². The first-order valence-electron chi connectivity index (χ1n) is 10.7. The molecule has 0 radical (unpaired) electrons. The fourth-order valence-electron chi connectivity index (χ4n) is 4.60. The van der Waals surface area contributed by atoms with Crippen molar-refractivity contribution in [1.29, 1.82) is 0 Å². The van der Waals surface area contributed by atoms with Crippen molar-refractivity contribution >= 4 is 35.4 Å². The van der Waals surface area contributed by atoms with E-state index in [0.717, 1.165) is 37.8 Å². The molecule has 0 saturated carbocycles. The summed E-state index contributed by atoms with van der Waals surface area (Å²) in [5.41, 5.74) is 6.90. The van der Waals surface area contributed by atoms with Gasteiger partial charge in [-0.2, -0.15) is 5.10 Å². The highest BCUT2D eigenvalue weighted by atomic mass is 35.5. The van der Waals surface area contributed by atoms with E-state index in [-0.39, 0.29) is 17.2 Å². The third kappa shape index (κ3) is 4.70. The van der Waals surface area contributed by atoms with Gasteiger partial charge in [0.2, 0.25) is 11.8 Å². The van der Waals surface area contributed by atoms with Crippen LogP contribution in [0.1, 0.15) is 52.1 Å². The second-order valence-corrected chi connectivity index (χ2v) is 8.98. The molecule has 1 aromatic heterocycles. The summed E-state index contributed by atoms with van der Waals surface area (Å²) in [6.45, 7) is 2.71. The number of nitrogens with two attached hydrogens (primary N) is 1. The van der Waals surface area contributed by atoms with Crippen LogP contribution < -0.4 is 5.73 Å². The van der Waals surface area contributed by atoms with E-state index in [2.05, 4.69) is 10.2 Å². The maximum atomic E-state index is 12.8. The molecule has 2 fully saturated rings. The molecule has 0 atom stereocenters. The Balaban J connectivity index is 1.35. The third-order valence-electron chi connectivity index (χ3n) is 6.50. The second kappa shape index (κ2) is 9.16. The zero-order valence-corrected chi connectivity index (χ0v) is 18.5. The Morgan fingerprint density at radius 2 is 1.78 bits per heavy atom. The van der Waals surface area contributed by atoms with Gasteiger partial charge in [0, 0.05) is 37.8 Å². The number of nitrogens with one attached hydrogen (secondary N) is 1. The number of rotatable bonds is 4. The lowest BCUT2D eigenvalue weighted by Crippen LogP contribution is -2.51. The van der Waals surface area contributed by atoms with Gasteiger partial charge in [0.1, 0.15) is 5.69 Å². The molecule has 2 aliphatic heterocycles. The zero-order chi connectivity index (χ0) is 22.7. The number of nitrogens with zero attached hydrogens (tertiary/aromatic N) is 3. The van der Waals surface area contributed by atoms with Crippen LogP contribution in [0, 0.1) is 5.41 Å². The molecule has 32 heavy (non-hydrogen) atoms. The molecule has 168 valence electrons. The van der Waals surface area contributed by atoms with Crippen LogP contribution in [0.25, 0.3) is 6.08 Å². The summed E-state index contributed by atoms with van der Waals surface area (Å²) in [6, 6.07) is 6.82. The molecule has 2 aliphatic rings. The van der Waals surface area contributed by atoms with E-state index in [0.29, 0.717) is 35.9 Å². The standard InChI is InChI=1S/C23H26ClN5O3/c24-18-14-26-27-20(18)22(32)28-12-9-23(10-13-28)8-1-11-29(15-23)19(30)7-4-16-2-5-17(6-3-16)21(25)31/h2-7,14H,1,8-13,15H2,(H2,25,31)(H,26,27)/b7-4+. The lowest BCUT2D eigenvalue weighted by atomic mass is 9.72. The van der Waals surface area contributed by atoms with E-state index in [1.807, 2.05) is 4.90 Å². The van der Waals surface area contributed by atoms with Gasteiger partial charge in [0.25, 0.3) is 5.91 Å². The lowest BCUT2D eigenvalue weighted by molar-refractivity contribution is -0.130. The normalized spacial score (nSPS) is 18.3. The van der Waals surface area contributed by atoms with Crippen molar-refractivity contribution in [3.05, 3.63) is 58.4 Å². The Labute approximate surface area is 191 Å². The smallest absolute Gasteiger partial charge is 0.273 e. The number of hydrogen-bond acceptors (Lipinski definition) is 4. The molecule has 0 aliphatic carbocycles. The molecule has 0 bridgehead atoms. The van der Waals surface area contributed by atoms with Crippen LogP contribution in [-0.2, 0) is 4.79 Å². The van der Waals surface area contributed by atoms with Crippen molar-refractivity contribution in [3.8, 4) is 0 Å². The number of likely N-dealkylation sites (tertiary alicyclic amines) is 2. The Kier molecular flexibility index (Phi) is 6.32. The van der Waals surface area contributed by atoms with Crippen LogP contribution in [0.15, 0.2) is 36.5 Å². The summed E-state index contributed by atoms with van der Waals surface area (Å²) in [5.74, 6) is -0.627. The number of benzene rings is 1. The zero-order valence-electron chi connectivity index (χ0n) is 17.7. The summed E-state index contributed by atoms with van der Waals surface area (Å²) >= 11 is 6.03. The fourth-order valence-corrected chi connectivity index (χ4v) is 4.77. The SMILES string of the molecule is NC(=O)c1ccc(/C=C/C(=O)N2CCCC3(CCN(C(=O)c4[nH]ncc4Cl)CC3)C2)cc1. The second-order valence-electron chi connectivity index (χ2n) is 8.57.